The Kier molecular flexibility index (Phi) is 9.60. The van der Waals surface area contributed by atoms with E-state index < -0.39 is 28.3 Å². The largest absolute Gasteiger partial charge is 0.511 e. The number of amides is 1. The summed E-state index contributed by atoms with van der Waals surface area (Å²) in [6.07, 6.45) is -0.356. The molecular weight excluding hydrogens is 583 g/mol. The summed E-state index contributed by atoms with van der Waals surface area (Å²) in [6.45, 7) is 1.61. The highest BCUT2D eigenvalue weighted by Gasteiger charge is 2.45. The summed E-state index contributed by atoms with van der Waals surface area (Å²) in [5.74, 6) is 0.386. The molecule has 0 radical (unpaired) electrons. The lowest BCUT2D eigenvalue weighted by atomic mass is 9.93. The molecule has 0 spiro atoms. The SMILES string of the molecule is CC(=O)[NH+](c1ccc(Cl)cc1)C1CCN(C(O)c2ccc(OCCCNS(=O)(=O)C(F)(F)F)cc2)c2ccccc21. The van der Waals surface area contributed by atoms with Crippen molar-refractivity contribution in [3.63, 3.8) is 0 Å². The molecule has 220 valence electrons. The van der Waals surface area contributed by atoms with Gasteiger partial charge in [-0.1, -0.05) is 41.9 Å². The highest BCUT2D eigenvalue weighted by atomic mass is 35.5. The first-order valence-corrected chi connectivity index (χ1v) is 14.7. The van der Waals surface area contributed by atoms with Crippen LogP contribution >= 0.6 is 11.6 Å². The van der Waals surface area contributed by atoms with Crippen LogP contribution in [0.5, 0.6) is 5.75 Å². The van der Waals surface area contributed by atoms with E-state index in [1.807, 2.05) is 41.3 Å². The van der Waals surface area contributed by atoms with Gasteiger partial charge in [0.05, 0.1) is 13.5 Å². The molecule has 41 heavy (non-hydrogen) atoms. The fraction of sp³-hybridized carbons (Fsp3) is 0.321. The molecule has 1 aliphatic rings. The van der Waals surface area contributed by atoms with E-state index in [4.69, 9.17) is 16.3 Å². The second kappa shape index (κ2) is 12.8. The number of nitrogens with zero attached hydrogens (tertiary/aromatic N) is 1. The van der Waals surface area contributed by atoms with Crippen LogP contribution in [0.15, 0.2) is 72.8 Å². The van der Waals surface area contributed by atoms with E-state index in [0.29, 0.717) is 34.2 Å². The maximum Gasteiger partial charge on any atom is 0.511 e. The van der Waals surface area contributed by atoms with Crippen LogP contribution in [0, 0.1) is 0 Å². The quantitative estimate of drug-likeness (QED) is 0.296. The molecule has 0 bridgehead atoms. The summed E-state index contributed by atoms with van der Waals surface area (Å²) < 4.78 is 66.2. The number of para-hydroxylation sites is 1. The summed E-state index contributed by atoms with van der Waals surface area (Å²) >= 11 is 6.06. The van der Waals surface area contributed by atoms with Gasteiger partial charge < -0.3 is 14.7 Å². The Morgan fingerprint density at radius 2 is 1.78 bits per heavy atom. The van der Waals surface area contributed by atoms with E-state index in [2.05, 4.69) is 0 Å². The molecule has 0 aliphatic carbocycles. The van der Waals surface area contributed by atoms with Crippen molar-refractivity contribution < 1.29 is 41.1 Å². The van der Waals surface area contributed by atoms with Crippen molar-refractivity contribution in [1.82, 2.24) is 4.72 Å². The molecule has 1 amide bonds. The van der Waals surface area contributed by atoms with Crippen LogP contribution in [0.4, 0.5) is 24.5 Å². The number of halogens is 4. The predicted molar refractivity (Wildman–Crippen MR) is 148 cm³/mol. The van der Waals surface area contributed by atoms with Crippen molar-refractivity contribution in [2.45, 2.75) is 37.5 Å². The van der Waals surface area contributed by atoms with Gasteiger partial charge in [0.2, 0.25) is 0 Å². The third-order valence-electron chi connectivity index (χ3n) is 6.82. The minimum Gasteiger partial charge on any atom is -0.494 e. The Morgan fingerprint density at radius 1 is 1.12 bits per heavy atom. The third-order valence-corrected chi connectivity index (χ3v) is 8.27. The lowest BCUT2D eigenvalue weighted by molar-refractivity contribution is -0.786. The number of alkyl halides is 3. The number of anilines is 1. The number of aliphatic hydroxyl groups excluding tert-OH is 1. The Morgan fingerprint density at radius 3 is 2.41 bits per heavy atom. The molecule has 4 rings (SSSR count). The molecular formula is C28H30ClF3N3O5S+. The van der Waals surface area contributed by atoms with Gasteiger partial charge in [0, 0.05) is 53.5 Å². The number of ether oxygens (including phenoxy) is 1. The minimum atomic E-state index is -5.38. The minimum absolute atomic E-state index is 0.00817. The summed E-state index contributed by atoms with van der Waals surface area (Å²) in [5.41, 5.74) is -2.21. The fourth-order valence-corrected chi connectivity index (χ4v) is 5.59. The van der Waals surface area contributed by atoms with Gasteiger partial charge in [-0.3, -0.25) is 0 Å². The van der Waals surface area contributed by atoms with Crippen molar-refractivity contribution >= 4 is 38.9 Å². The zero-order chi connectivity index (χ0) is 29.8. The van der Waals surface area contributed by atoms with Crippen LogP contribution in [-0.2, 0) is 14.8 Å². The van der Waals surface area contributed by atoms with Crippen LogP contribution in [0.1, 0.15) is 43.2 Å². The zero-order valence-electron chi connectivity index (χ0n) is 22.1. The van der Waals surface area contributed by atoms with Crippen molar-refractivity contribution in [3.05, 3.63) is 88.9 Å². The number of hydrogen-bond acceptors (Lipinski definition) is 6. The fourth-order valence-electron chi connectivity index (χ4n) is 4.89. The maximum absolute atomic E-state index is 12.8. The third kappa shape index (κ3) is 7.19. The topological polar surface area (TPSA) is 100 Å². The van der Waals surface area contributed by atoms with Crippen molar-refractivity contribution in [1.29, 1.82) is 0 Å². The lowest BCUT2D eigenvalue weighted by Gasteiger charge is -2.39. The average molecular weight is 613 g/mol. The van der Waals surface area contributed by atoms with Gasteiger partial charge in [0.15, 0.2) is 6.23 Å². The molecule has 3 aromatic rings. The van der Waals surface area contributed by atoms with E-state index in [0.717, 1.165) is 16.9 Å². The Balaban J connectivity index is 1.42. The number of carbonyl (C=O) groups is 1. The maximum atomic E-state index is 12.8. The Labute approximate surface area is 241 Å². The highest BCUT2D eigenvalue weighted by Crippen LogP contribution is 2.37. The van der Waals surface area contributed by atoms with Gasteiger partial charge in [0.1, 0.15) is 17.5 Å². The molecule has 3 N–H and O–H groups in total. The molecule has 0 fully saturated rings. The Hall–Kier alpha value is -3.16. The molecule has 3 unspecified atom stereocenters. The highest BCUT2D eigenvalue weighted by molar-refractivity contribution is 7.90. The summed E-state index contributed by atoms with van der Waals surface area (Å²) in [5, 5.41) is 11.9. The second-order valence-electron chi connectivity index (χ2n) is 9.56. The van der Waals surface area contributed by atoms with Crippen LogP contribution in [-0.4, -0.2) is 44.6 Å². The normalized spacial score (nSPS) is 17.0. The second-order valence-corrected chi connectivity index (χ2v) is 11.8. The number of rotatable bonds is 10. The first-order valence-electron chi connectivity index (χ1n) is 12.8. The van der Waals surface area contributed by atoms with E-state index in [9.17, 15) is 31.5 Å². The van der Waals surface area contributed by atoms with E-state index in [1.165, 1.54) is 4.72 Å². The smallest absolute Gasteiger partial charge is 0.494 e. The lowest BCUT2D eigenvalue weighted by Crippen LogP contribution is -3.10. The van der Waals surface area contributed by atoms with Crippen LogP contribution < -0.4 is 19.3 Å². The number of carbonyl (C=O) groups excluding carboxylic acids is 1. The number of hydrogen-bond donors (Lipinski definition) is 3. The number of sulfonamides is 1. The first kappa shape index (κ1) is 30.8. The molecule has 13 heteroatoms. The molecule has 3 aromatic carbocycles. The van der Waals surface area contributed by atoms with Gasteiger partial charge in [-0.25, -0.2) is 22.8 Å². The number of aliphatic hydroxyl groups is 1. The van der Waals surface area contributed by atoms with Gasteiger partial charge in [-0.15, -0.1) is 0 Å². The van der Waals surface area contributed by atoms with E-state index >= 15 is 0 Å². The van der Waals surface area contributed by atoms with Crippen LogP contribution in [0.2, 0.25) is 5.02 Å². The first-order chi connectivity index (χ1) is 19.4. The summed E-state index contributed by atoms with van der Waals surface area (Å²) in [6, 6.07) is 21.3. The van der Waals surface area contributed by atoms with Gasteiger partial charge >= 0.3 is 21.4 Å². The predicted octanol–water partition coefficient (Wildman–Crippen LogP) is 4.25. The monoisotopic (exact) mass is 612 g/mol. The summed E-state index contributed by atoms with van der Waals surface area (Å²) in [7, 11) is -5.38. The Bertz CT molecular complexity index is 1450. The molecule has 8 nitrogen and oxygen atoms in total. The van der Waals surface area contributed by atoms with Crippen molar-refractivity contribution in [2.24, 2.45) is 0 Å². The average Bonchev–Trinajstić information content (AvgIpc) is 2.93. The van der Waals surface area contributed by atoms with Crippen LogP contribution in [0.25, 0.3) is 0 Å². The van der Waals surface area contributed by atoms with Crippen molar-refractivity contribution in [3.8, 4) is 5.75 Å². The van der Waals surface area contributed by atoms with Gasteiger partial charge in [-0.2, -0.15) is 13.2 Å². The molecule has 1 aliphatic heterocycles. The van der Waals surface area contributed by atoms with Gasteiger partial charge in [-0.05, 0) is 36.8 Å². The standard InChI is InChI=1S/C28H29ClF3N3O5S/c1-19(36)35(22-11-9-21(29)10-12-22)26-15-17-34(25-6-3-2-5-24(25)26)27(37)20-7-13-23(14-8-20)40-18-4-16-33-41(38,39)28(30,31)32/h2-3,5-14,26-27,33,37H,4,15-18H2,1H3/p+1. The van der Waals surface area contributed by atoms with Crippen LogP contribution in [0.3, 0.4) is 0 Å². The van der Waals surface area contributed by atoms with E-state index in [-0.39, 0.29) is 25.0 Å². The number of quaternary nitrogens is 1. The molecule has 0 saturated heterocycles. The number of nitrogens with one attached hydrogen (secondary N) is 2. The van der Waals surface area contributed by atoms with Gasteiger partial charge in [0.25, 0.3) is 0 Å². The van der Waals surface area contributed by atoms with Crippen molar-refractivity contribution in [2.75, 3.05) is 24.6 Å². The molecule has 3 atom stereocenters. The number of benzene rings is 3. The van der Waals surface area contributed by atoms with E-state index in [1.54, 1.807) is 43.3 Å². The molecule has 0 saturated carbocycles. The zero-order valence-corrected chi connectivity index (χ0v) is 23.6. The molecule has 1 heterocycles. The summed E-state index contributed by atoms with van der Waals surface area (Å²) in [4.78, 5) is 15.3. The number of fused-ring (bicyclic) bond motifs is 1. The molecule has 0 aromatic heterocycles.